The Hall–Kier alpha value is -3.23. The molecule has 180 valence electrons. The van der Waals surface area contributed by atoms with E-state index >= 15 is 0 Å². The number of amides is 1. The number of anilines is 2. The molecule has 0 unspecified atom stereocenters. The average Bonchev–Trinajstić information content (AvgIpc) is 3.26. The molecule has 0 bridgehead atoms. The van der Waals surface area contributed by atoms with Crippen molar-refractivity contribution in [3.05, 3.63) is 60.4 Å². The smallest absolute Gasteiger partial charge is 0.334 e. The minimum Gasteiger partial charge on any atom is -0.377 e. The van der Waals surface area contributed by atoms with Gasteiger partial charge in [0.05, 0.1) is 11.2 Å². The first-order valence-corrected chi connectivity index (χ1v) is 13.1. The van der Waals surface area contributed by atoms with Crippen LogP contribution in [0.5, 0.6) is 0 Å². The predicted molar refractivity (Wildman–Crippen MR) is 140 cm³/mol. The monoisotopic (exact) mass is 488 g/mol. The molecule has 4 aromatic rings. The fourth-order valence-electron chi connectivity index (χ4n) is 5.39. The van der Waals surface area contributed by atoms with Gasteiger partial charge in [-0.25, -0.2) is 4.57 Å². The van der Waals surface area contributed by atoms with Crippen molar-refractivity contribution in [2.24, 2.45) is 0 Å². The molecule has 2 aliphatic rings. The summed E-state index contributed by atoms with van der Waals surface area (Å²) in [5, 5.41) is 17.8. The molecule has 0 aliphatic carbocycles. The van der Waals surface area contributed by atoms with Crippen molar-refractivity contribution >= 4 is 49.1 Å². The number of benzene rings is 2. The molecule has 2 aliphatic heterocycles. The summed E-state index contributed by atoms with van der Waals surface area (Å²) in [5.74, 6) is -0.216. The standard InChI is InChI=1S/C27H29N5O2S/c1-27(34,18-29-26-32-12-4-7-19-5-3-9-23(35-26)24(19)32)25(33)31-15-13-30(14-16-31)22-8-2-6-20-17-28-11-10-21(20)22/h2-3,5-6,8-11,17,34H,4,7,12-16,18H2,1H3/p+1/t27-/m0/s1. The second kappa shape index (κ2) is 8.77. The summed E-state index contributed by atoms with van der Waals surface area (Å²) >= 11 is 1.69. The van der Waals surface area contributed by atoms with Crippen LogP contribution in [-0.4, -0.2) is 59.2 Å². The number of pyridine rings is 1. The molecule has 8 heteroatoms. The van der Waals surface area contributed by atoms with E-state index in [-0.39, 0.29) is 12.5 Å². The molecule has 0 saturated carbocycles. The van der Waals surface area contributed by atoms with Crippen LogP contribution in [0.15, 0.2) is 54.9 Å². The van der Waals surface area contributed by atoms with Crippen molar-refractivity contribution in [2.75, 3.05) is 42.9 Å². The van der Waals surface area contributed by atoms with Crippen LogP contribution >= 0.6 is 11.3 Å². The lowest BCUT2D eigenvalue weighted by Gasteiger charge is -2.39. The van der Waals surface area contributed by atoms with Gasteiger partial charge in [-0.3, -0.25) is 15.1 Å². The summed E-state index contributed by atoms with van der Waals surface area (Å²) < 4.78 is 3.55. The fraction of sp³-hybridized carbons (Fsp3) is 0.370. The highest BCUT2D eigenvalue weighted by Crippen LogP contribution is 2.31. The first-order chi connectivity index (χ1) is 17.0. The number of thiazole rings is 1. The molecule has 7 nitrogen and oxygen atoms in total. The molecule has 6 rings (SSSR count). The van der Waals surface area contributed by atoms with E-state index < -0.39 is 5.60 Å². The van der Waals surface area contributed by atoms with E-state index in [9.17, 15) is 9.90 Å². The van der Waals surface area contributed by atoms with Crippen LogP contribution < -0.4 is 14.8 Å². The molecule has 4 heterocycles. The number of aliphatic hydroxyl groups is 1. The van der Waals surface area contributed by atoms with Gasteiger partial charge in [0.1, 0.15) is 12.1 Å². The zero-order chi connectivity index (χ0) is 24.0. The van der Waals surface area contributed by atoms with E-state index in [1.54, 1.807) is 23.2 Å². The van der Waals surface area contributed by atoms with Crippen LogP contribution in [-0.2, 0) is 17.8 Å². The lowest BCUT2D eigenvalue weighted by atomic mass is 10.0. The van der Waals surface area contributed by atoms with Crippen LogP contribution in [0.1, 0.15) is 18.9 Å². The third-order valence-electron chi connectivity index (χ3n) is 7.24. The number of aromatic nitrogens is 2. The van der Waals surface area contributed by atoms with E-state index in [0.717, 1.165) is 43.0 Å². The number of nitrogens with one attached hydrogen (secondary N) is 1. The quantitative estimate of drug-likeness (QED) is 0.422. The number of fused-ring (bicyclic) bond motifs is 1. The molecule has 2 aromatic carbocycles. The van der Waals surface area contributed by atoms with E-state index in [1.807, 2.05) is 18.5 Å². The second-order valence-corrected chi connectivity index (χ2v) is 10.7. The summed E-state index contributed by atoms with van der Waals surface area (Å²) in [6.07, 6.45) is 5.91. The molecular weight excluding hydrogens is 458 g/mol. The van der Waals surface area contributed by atoms with E-state index in [1.165, 1.54) is 26.9 Å². The van der Waals surface area contributed by atoms with E-state index in [4.69, 9.17) is 0 Å². The number of hydrogen-bond acceptors (Lipinski definition) is 6. The van der Waals surface area contributed by atoms with Crippen molar-refractivity contribution in [3.63, 3.8) is 0 Å². The second-order valence-electron chi connectivity index (χ2n) is 9.71. The summed E-state index contributed by atoms with van der Waals surface area (Å²) in [6, 6.07) is 14.7. The normalized spacial score (nSPS) is 17.5. The maximum Gasteiger partial charge on any atom is 0.334 e. The number of nitrogens with zero attached hydrogens (tertiary/aromatic N) is 4. The Morgan fingerprint density at radius 2 is 2.00 bits per heavy atom. The summed E-state index contributed by atoms with van der Waals surface area (Å²) in [7, 11) is 0. The van der Waals surface area contributed by atoms with E-state index in [0.29, 0.717) is 13.1 Å². The van der Waals surface area contributed by atoms with Gasteiger partial charge in [-0.1, -0.05) is 24.3 Å². The Morgan fingerprint density at radius 3 is 2.86 bits per heavy atom. The van der Waals surface area contributed by atoms with Gasteiger partial charge in [0.25, 0.3) is 5.91 Å². The molecule has 1 fully saturated rings. The molecule has 0 radical (unpaired) electrons. The van der Waals surface area contributed by atoms with Crippen molar-refractivity contribution in [1.82, 2.24) is 9.88 Å². The number of rotatable bonds is 5. The van der Waals surface area contributed by atoms with Crippen molar-refractivity contribution in [3.8, 4) is 0 Å². The SMILES string of the molecule is C[C@](O)(CNc1sc2cccc3c2[n+]1CCC3)C(=O)N1CCN(c2cccc3cnccc23)CC1. The van der Waals surface area contributed by atoms with Gasteiger partial charge >= 0.3 is 5.13 Å². The van der Waals surface area contributed by atoms with Gasteiger partial charge in [-0.2, -0.15) is 0 Å². The summed E-state index contributed by atoms with van der Waals surface area (Å²) in [4.78, 5) is 21.6. The highest BCUT2D eigenvalue weighted by atomic mass is 32.1. The molecular formula is C27H30N5O2S+. The maximum atomic E-state index is 13.3. The van der Waals surface area contributed by atoms with Crippen molar-refractivity contribution in [2.45, 2.75) is 31.9 Å². The van der Waals surface area contributed by atoms with Gasteiger partial charge in [-0.05, 0) is 49.3 Å². The third-order valence-corrected chi connectivity index (χ3v) is 8.35. The Morgan fingerprint density at radius 1 is 1.17 bits per heavy atom. The Balaban J connectivity index is 1.12. The van der Waals surface area contributed by atoms with Gasteiger partial charge in [0.15, 0.2) is 5.60 Å². The molecule has 2 aromatic heterocycles. The van der Waals surface area contributed by atoms with Gasteiger partial charge in [0.2, 0.25) is 0 Å². The summed E-state index contributed by atoms with van der Waals surface area (Å²) in [5.41, 5.74) is 2.35. The van der Waals surface area contributed by atoms with Crippen molar-refractivity contribution in [1.29, 1.82) is 0 Å². The van der Waals surface area contributed by atoms with Crippen LogP contribution in [0.25, 0.3) is 21.0 Å². The minimum atomic E-state index is -1.48. The minimum absolute atomic E-state index is 0.185. The zero-order valence-corrected chi connectivity index (χ0v) is 20.7. The Labute approximate surface area is 208 Å². The summed E-state index contributed by atoms with van der Waals surface area (Å²) in [6.45, 7) is 5.41. The highest BCUT2D eigenvalue weighted by molar-refractivity contribution is 7.21. The van der Waals surface area contributed by atoms with Crippen LogP contribution in [0.4, 0.5) is 10.8 Å². The number of piperazine rings is 1. The maximum absolute atomic E-state index is 13.3. The average molecular weight is 489 g/mol. The van der Waals surface area contributed by atoms with Gasteiger partial charge < -0.3 is 14.9 Å². The topological polar surface area (TPSA) is 72.6 Å². The molecule has 1 amide bonds. The van der Waals surface area contributed by atoms with Gasteiger partial charge in [-0.15, -0.1) is 0 Å². The highest BCUT2D eigenvalue weighted by Gasteiger charge is 2.38. The lowest BCUT2D eigenvalue weighted by Crippen LogP contribution is -2.57. The van der Waals surface area contributed by atoms with Crippen LogP contribution in [0.3, 0.4) is 0 Å². The molecule has 1 atom stereocenters. The zero-order valence-electron chi connectivity index (χ0n) is 19.9. The number of para-hydroxylation sites is 1. The van der Waals surface area contributed by atoms with Crippen LogP contribution in [0, 0.1) is 0 Å². The molecule has 0 spiro atoms. The number of hydrogen-bond donors (Lipinski definition) is 2. The predicted octanol–water partition coefficient (Wildman–Crippen LogP) is 3.19. The lowest BCUT2D eigenvalue weighted by molar-refractivity contribution is -0.657. The molecule has 35 heavy (non-hydrogen) atoms. The molecule has 2 N–H and O–H groups in total. The fourth-order valence-corrected chi connectivity index (χ4v) is 6.52. The number of carbonyl (C=O) groups excluding carboxylic acids is 1. The van der Waals surface area contributed by atoms with Gasteiger partial charge in [0, 0.05) is 60.6 Å². The number of carbonyl (C=O) groups is 1. The third kappa shape index (κ3) is 4.00. The van der Waals surface area contributed by atoms with E-state index in [2.05, 4.69) is 56.2 Å². The Bertz CT molecular complexity index is 1400. The van der Waals surface area contributed by atoms with Crippen molar-refractivity contribution < 1.29 is 14.5 Å². The van der Waals surface area contributed by atoms with Crippen LogP contribution in [0.2, 0.25) is 0 Å². The Kier molecular flexibility index (Phi) is 5.57. The first kappa shape index (κ1) is 22.2. The largest absolute Gasteiger partial charge is 0.377 e. The molecule has 1 saturated heterocycles. The first-order valence-electron chi connectivity index (χ1n) is 12.3. The number of aryl methyl sites for hydroxylation is 2.